The maximum Gasteiger partial charge on any atom is 0.210 e. The lowest BCUT2D eigenvalue weighted by molar-refractivity contribution is 0.0563. The number of benzene rings is 3. The number of para-hydroxylation sites is 1. The van der Waals surface area contributed by atoms with E-state index in [0.717, 1.165) is 15.7 Å². The lowest BCUT2D eigenvalue weighted by atomic mass is 9.78. The number of nitrogens with zero attached hydrogens (tertiary/aromatic N) is 3. The molecule has 1 aliphatic heterocycles. The van der Waals surface area contributed by atoms with E-state index in [4.69, 9.17) is 4.74 Å². The van der Waals surface area contributed by atoms with Crippen molar-refractivity contribution in [3.05, 3.63) is 106 Å². The van der Waals surface area contributed by atoms with Gasteiger partial charge < -0.3 is 4.74 Å². The Bertz CT molecular complexity index is 1220. The van der Waals surface area contributed by atoms with Gasteiger partial charge in [0.15, 0.2) is 5.60 Å². The first kappa shape index (κ1) is 18.8. The molecule has 0 bridgehead atoms. The Hall–Kier alpha value is -3.25. The van der Waals surface area contributed by atoms with Gasteiger partial charge in [0.25, 0.3) is 0 Å². The van der Waals surface area contributed by atoms with E-state index in [2.05, 4.69) is 26.2 Å². The molecule has 6 heteroatoms. The van der Waals surface area contributed by atoms with Crippen LogP contribution >= 0.6 is 15.9 Å². The van der Waals surface area contributed by atoms with Crippen molar-refractivity contribution in [2.24, 2.45) is 0 Å². The van der Waals surface area contributed by atoms with Crippen LogP contribution in [0.15, 0.2) is 89.5 Å². The van der Waals surface area contributed by atoms with E-state index in [1.54, 1.807) is 4.68 Å². The summed E-state index contributed by atoms with van der Waals surface area (Å²) in [5, 5.41) is 8.77. The maximum atomic E-state index is 13.4. The zero-order valence-corrected chi connectivity index (χ0v) is 17.8. The van der Waals surface area contributed by atoms with Crippen LogP contribution in [0.2, 0.25) is 0 Å². The van der Waals surface area contributed by atoms with Gasteiger partial charge in [0, 0.05) is 4.47 Å². The molecule has 0 saturated carbocycles. The van der Waals surface area contributed by atoms with Gasteiger partial charge >= 0.3 is 0 Å². The van der Waals surface area contributed by atoms with Crippen LogP contribution in [0.3, 0.4) is 0 Å². The first-order valence-electron chi connectivity index (χ1n) is 9.62. The van der Waals surface area contributed by atoms with E-state index in [1.165, 1.54) is 0 Å². The van der Waals surface area contributed by atoms with E-state index in [0.29, 0.717) is 17.0 Å². The van der Waals surface area contributed by atoms with Crippen LogP contribution in [0.5, 0.6) is 5.75 Å². The summed E-state index contributed by atoms with van der Waals surface area (Å²) in [5.41, 5.74) is 1.99. The molecule has 0 fully saturated rings. The van der Waals surface area contributed by atoms with Crippen molar-refractivity contribution < 1.29 is 9.53 Å². The van der Waals surface area contributed by atoms with Crippen molar-refractivity contribution >= 4 is 21.7 Å². The van der Waals surface area contributed by atoms with Crippen molar-refractivity contribution in [3.63, 3.8) is 0 Å². The van der Waals surface area contributed by atoms with Crippen molar-refractivity contribution in [2.75, 3.05) is 0 Å². The monoisotopic (exact) mass is 459 g/mol. The van der Waals surface area contributed by atoms with E-state index < -0.39 is 11.5 Å². The fourth-order valence-electron chi connectivity index (χ4n) is 4.02. The fourth-order valence-corrected chi connectivity index (χ4v) is 4.29. The van der Waals surface area contributed by atoms with E-state index in [-0.39, 0.29) is 5.78 Å². The Morgan fingerprint density at radius 2 is 1.67 bits per heavy atom. The zero-order valence-electron chi connectivity index (χ0n) is 16.2. The molecule has 0 amide bonds. The summed E-state index contributed by atoms with van der Waals surface area (Å²) in [6.45, 7) is 1.84. The predicted octanol–water partition coefficient (Wildman–Crippen LogP) is 5.20. The smallest absolute Gasteiger partial charge is 0.210 e. The summed E-state index contributed by atoms with van der Waals surface area (Å²) in [5.74, 6) is 0.138. The molecule has 0 unspecified atom stereocenters. The highest BCUT2D eigenvalue weighted by molar-refractivity contribution is 9.10. The normalized spacial score (nSPS) is 18.7. The topological polar surface area (TPSA) is 57.0 Å². The standard InChI is InChI=1S/C24H18BrN3O2/c1-24(23(29)19-9-5-6-10-21(19)30-24)22(16-7-3-2-4-8-16)20-15-28(27-26-20)18-13-11-17(25)12-14-18/h2-15,22H,1H3/t22-,24+/m0/s1. The average Bonchev–Trinajstić information content (AvgIpc) is 3.33. The third-order valence-corrected chi connectivity index (χ3v) is 6.01. The summed E-state index contributed by atoms with van der Waals surface area (Å²) < 4.78 is 8.98. The molecule has 0 radical (unpaired) electrons. The van der Waals surface area contributed by atoms with Gasteiger partial charge in [-0.15, -0.1) is 5.10 Å². The van der Waals surface area contributed by atoms with Gasteiger partial charge in [-0.2, -0.15) is 0 Å². The molecule has 5 rings (SSSR count). The molecule has 3 aromatic carbocycles. The lowest BCUT2D eigenvalue weighted by Gasteiger charge is -2.31. The molecule has 148 valence electrons. The molecule has 30 heavy (non-hydrogen) atoms. The van der Waals surface area contributed by atoms with Gasteiger partial charge in [-0.25, -0.2) is 4.68 Å². The minimum absolute atomic E-state index is 0.0508. The zero-order chi connectivity index (χ0) is 20.7. The molecule has 1 aromatic heterocycles. The predicted molar refractivity (Wildman–Crippen MR) is 117 cm³/mol. The summed E-state index contributed by atoms with van der Waals surface area (Å²) >= 11 is 3.45. The number of halogens is 1. The van der Waals surface area contributed by atoms with Gasteiger partial charge in [-0.05, 0) is 48.9 Å². The van der Waals surface area contributed by atoms with Crippen molar-refractivity contribution in [1.82, 2.24) is 15.0 Å². The summed E-state index contributed by atoms with van der Waals surface area (Å²) in [6.07, 6.45) is 1.87. The van der Waals surface area contributed by atoms with Gasteiger partial charge in [-0.3, -0.25) is 4.79 Å². The fraction of sp³-hybridized carbons (Fsp3) is 0.125. The Morgan fingerprint density at radius 3 is 2.40 bits per heavy atom. The van der Waals surface area contributed by atoms with E-state index >= 15 is 0 Å². The number of ketones is 1. The second-order valence-electron chi connectivity index (χ2n) is 7.44. The highest BCUT2D eigenvalue weighted by Crippen LogP contribution is 2.45. The summed E-state index contributed by atoms with van der Waals surface area (Å²) in [4.78, 5) is 13.4. The molecule has 0 N–H and O–H groups in total. The quantitative estimate of drug-likeness (QED) is 0.421. The number of carbonyl (C=O) groups excluding carboxylic acids is 1. The first-order chi connectivity index (χ1) is 14.6. The van der Waals surface area contributed by atoms with Gasteiger partial charge in [-0.1, -0.05) is 63.6 Å². The maximum absolute atomic E-state index is 13.4. The first-order valence-corrected chi connectivity index (χ1v) is 10.4. The number of fused-ring (bicyclic) bond motifs is 1. The Labute approximate surface area is 182 Å². The number of ether oxygens (including phenoxy) is 1. The largest absolute Gasteiger partial charge is 0.478 e. The van der Waals surface area contributed by atoms with Crippen LogP contribution in [-0.2, 0) is 0 Å². The number of hydrogen-bond acceptors (Lipinski definition) is 4. The SMILES string of the molecule is C[C@]1([C@@H](c2ccccc2)c2cn(-c3ccc(Br)cc3)nn2)Oc2ccccc2C1=O. The second kappa shape index (κ2) is 7.22. The van der Waals surface area contributed by atoms with Crippen LogP contribution < -0.4 is 4.74 Å². The number of Topliss-reactive ketones (excluding diaryl/α,β-unsaturated/α-hetero) is 1. The van der Waals surface area contributed by atoms with Crippen LogP contribution in [-0.4, -0.2) is 26.4 Å². The van der Waals surface area contributed by atoms with Crippen LogP contribution in [0.1, 0.15) is 34.5 Å². The van der Waals surface area contributed by atoms with Crippen LogP contribution in [0, 0.1) is 0 Å². The van der Waals surface area contributed by atoms with Gasteiger partial charge in [0.2, 0.25) is 5.78 Å². The Balaban J connectivity index is 1.61. The molecular formula is C24H18BrN3O2. The number of rotatable bonds is 4. The van der Waals surface area contributed by atoms with Crippen LogP contribution in [0.4, 0.5) is 0 Å². The molecule has 0 spiro atoms. The summed E-state index contributed by atoms with van der Waals surface area (Å²) in [7, 11) is 0. The van der Waals surface area contributed by atoms with Crippen molar-refractivity contribution in [1.29, 1.82) is 0 Å². The van der Waals surface area contributed by atoms with Crippen LogP contribution in [0.25, 0.3) is 5.69 Å². The minimum Gasteiger partial charge on any atom is -0.478 e. The third-order valence-electron chi connectivity index (χ3n) is 5.49. The van der Waals surface area contributed by atoms with Gasteiger partial charge in [0.1, 0.15) is 5.75 Å². The summed E-state index contributed by atoms with van der Waals surface area (Å²) in [6, 6.07) is 25.0. The number of carbonyl (C=O) groups is 1. The van der Waals surface area contributed by atoms with Crippen molar-refractivity contribution in [2.45, 2.75) is 18.4 Å². The Morgan fingerprint density at radius 1 is 0.967 bits per heavy atom. The number of hydrogen-bond donors (Lipinski definition) is 0. The molecule has 2 atom stereocenters. The molecule has 4 aromatic rings. The number of aromatic nitrogens is 3. The van der Waals surface area contributed by atoms with E-state index in [9.17, 15) is 4.79 Å². The third kappa shape index (κ3) is 3.04. The molecule has 0 saturated heterocycles. The van der Waals surface area contributed by atoms with Crippen molar-refractivity contribution in [3.8, 4) is 11.4 Å². The lowest BCUT2D eigenvalue weighted by Crippen LogP contribution is -2.43. The second-order valence-corrected chi connectivity index (χ2v) is 8.36. The highest BCUT2D eigenvalue weighted by atomic mass is 79.9. The van der Waals surface area contributed by atoms with E-state index in [1.807, 2.05) is 92.0 Å². The minimum atomic E-state index is -1.12. The molecule has 2 heterocycles. The highest BCUT2D eigenvalue weighted by Gasteiger charge is 2.51. The van der Waals surface area contributed by atoms with Gasteiger partial charge in [0.05, 0.1) is 29.1 Å². The molecule has 1 aliphatic rings. The molecular weight excluding hydrogens is 442 g/mol. The molecule has 5 nitrogen and oxygen atoms in total. The Kier molecular flexibility index (Phi) is 4.51. The molecule has 0 aliphatic carbocycles. The average molecular weight is 460 g/mol.